The van der Waals surface area contributed by atoms with E-state index in [9.17, 15) is 5.11 Å². The van der Waals surface area contributed by atoms with Crippen molar-refractivity contribution in [2.24, 2.45) is 0 Å². The molecular formula is C13H14ClNO2S. The third-order valence-corrected chi connectivity index (χ3v) is 3.25. The second kappa shape index (κ2) is 6.64. The van der Waals surface area contributed by atoms with Gasteiger partial charge in [0.25, 0.3) is 0 Å². The van der Waals surface area contributed by atoms with Crippen LogP contribution < -0.4 is 10.1 Å². The van der Waals surface area contributed by atoms with E-state index in [2.05, 4.69) is 5.32 Å². The lowest BCUT2D eigenvalue weighted by Crippen LogP contribution is -2.26. The van der Waals surface area contributed by atoms with Crippen LogP contribution >= 0.6 is 22.9 Å². The zero-order chi connectivity index (χ0) is 12.8. The molecule has 2 N–H and O–H groups in total. The maximum atomic E-state index is 9.75. The Hall–Kier alpha value is -1.23. The minimum Gasteiger partial charge on any atom is -0.491 e. The molecule has 1 aromatic carbocycles. The van der Waals surface area contributed by atoms with E-state index < -0.39 is 6.10 Å². The molecule has 0 radical (unpaired) electrons. The van der Waals surface area contributed by atoms with Gasteiger partial charge < -0.3 is 15.2 Å². The van der Waals surface area contributed by atoms with E-state index in [1.807, 2.05) is 16.8 Å². The highest BCUT2D eigenvalue weighted by molar-refractivity contribution is 7.08. The number of hydrogen-bond acceptors (Lipinski definition) is 4. The Morgan fingerprint density at radius 3 is 2.72 bits per heavy atom. The van der Waals surface area contributed by atoms with Crippen LogP contribution in [0.25, 0.3) is 0 Å². The number of hydrogen-bond donors (Lipinski definition) is 2. The molecule has 1 atom stereocenters. The number of anilines is 1. The number of halogens is 1. The predicted octanol–water partition coefficient (Wildman–Crippen LogP) is 3.25. The van der Waals surface area contributed by atoms with Crippen LogP contribution in [-0.4, -0.2) is 24.4 Å². The molecule has 96 valence electrons. The molecule has 0 aliphatic rings. The van der Waals surface area contributed by atoms with E-state index in [0.717, 1.165) is 5.69 Å². The van der Waals surface area contributed by atoms with E-state index >= 15 is 0 Å². The van der Waals surface area contributed by atoms with E-state index in [4.69, 9.17) is 16.3 Å². The van der Waals surface area contributed by atoms with Crippen LogP contribution in [0.2, 0.25) is 5.02 Å². The van der Waals surface area contributed by atoms with Gasteiger partial charge in [0.1, 0.15) is 18.5 Å². The van der Waals surface area contributed by atoms with Gasteiger partial charge in [0.05, 0.1) is 0 Å². The van der Waals surface area contributed by atoms with Crippen molar-refractivity contribution in [1.82, 2.24) is 0 Å². The first-order valence-corrected chi connectivity index (χ1v) is 6.88. The van der Waals surface area contributed by atoms with Crippen molar-refractivity contribution < 1.29 is 9.84 Å². The van der Waals surface area contributed by atoms with Crippen molar-refractivity contribution >= 4 is 28.6 Å². The molecule has 1 heterocycles. The Morgan fingerprint density at radius 1 is 1.28 bits per heavy atom. The summed E-state index contributed by atoms with van der Waals surface area (Å²) in [5, 5.41) is 17.5. The highest BCUT2D eigenvalue weighted by Gasteiger charge is 2.05. The minimum absolute atomic E-state index is 0.249. The van der Waals surface area contributed by atoms with Crippen LogP contribution in [0.1, 0.15) is 0 Å². The molecular weight excluding hydrogens is 270 g/mol. The van der Waals surface area contributed by atoms with Gasteiger partial charge in [-0.3, -0.25) is 0 Å². The second-order valence-corrected chi connectivity index (χ2v) is 5.03. The summed E-state index contributed by atoms with van der Waals surface area (Å²) in [6.45, 7) is 0.711. The number of benzene rings is 1. The second-order valence-electron chi connectivity index (χ2n) is 3.81. The molecule has 0 amide bonds. The van der Waals surface area contributed by atoms with Crippen molar-refractivity contribution in [3.05, 3.63) is 46.1 Å². The fourth-order valence-electron chi connectivity index (χ4n) is 1.38. The van der Waals surface area contributed by atoms with Gasteiger partial charge >= 0.3 is 0 Å². The first-order chi connectivity index (χ1) is 8.74. The summed E-state index contributed by atoms with van der Waals surface area (Å²) in [6.07, 6.45) is -0.555. The van der Waals surface area contributed by atoms with E-state index in [1.165, 1.54) is 0 Å². The van der Waals surface area contributed by atoms with Crippen LogP contribution in [-0.2, 0) is 0 Å². The Morgan fingerprint density at radius 2 is 2.06 bits per heavy atom. The third-order valence-electron chi connectivity index (χ3n) is 2.32. The summed E-state index contributed by atoms with van der Waals surface area (Å²) in [4.78, 5) is 0. The third kappa shape index (κ3) is 4.22. The number of aliphatic hydroxyl groups excluding tert-OH is 1. The molecule has 3 nitrogen and oxygen atoms in total. The zero-order valence-electron chi connectivity index (χ0n) is 9.67. The molecule has 0 saturated carbocycles. The smallest absolute Gasteiger partial charge is 0.119 e. The van der Waals surface area contributed by atoms with Crippen LogP contribution in [0.3, 0.4) is 0 Å². The van der Waals surface area contributed by atoms with Gasteiger partial charge in [0.15, 0.2) is 0 Å². The van der Waals surface area contributed by atoms with Crippen LogP contribution in [0.5, 0.6) is 5.75 Å². The number of ether oxygens (including phenoxy) is 1. The summed E-state index contributed by atoms with van der Waals surface area (Å²) >= 11 is 7.38. The topological polar surface area (TPSA) is 41.5 Å². The Kier molecular flexibility index (Phi) is 4.87. The summed E-state index contributed by atoms with van der Waals surface area (Å²) in [6, 6.07) is 9.04. The van der Waals surface area contributed by atoms with Crippen molar-refractivity contribution in [2.45, 2.75) is 6.10 Å². The Labute approximate surface area is 115 Å². The lowest BCUT2D eigenvalue weighted by Gasteiger charge is -2.13. The van der Waals surface area contributed by atoms with E-state index in [-0.39, 0.29) is 6.61 Å². The average molecular weight is 284 g/mol. The summed E-state index contributed by atoms with van der Waals surface area (Å²) < 4.78 is 5.45. The van der Waals surface area contributed by atoms with Gasteiger partial charge in [-0.1, -0.05) is 11.6 Å². The molecule has 1 aromatic heterocycles. The highest BCUT2D eigenvalue weighted by atomic mass is 35.5. The SMILES string of the molecule is OC(CNc1ccsc1)COc1ccc(Cl)cc1. The van der Waals surface area contributed by atoms with Crippen LogP contribution in [0, 0.1) is 0 Å². The fourth-order valence-corrected chi connectivity index (χ4v) is 2.12. The van der Waals surface area contributed by atoms with Gasteiger partial charge in [0.2, 0.25) is 0 Å². The number of aliphatic hydroxyl groups is 1. The molecule has 0 saturated heterocycles. The average Bonchev–Trinajstić information content (AvgIpc) is 2.89. The summed E-state index contributed by atoms with van der Waals surface area (Å²) in [5.74, 6) is 0.703. The monoisotopic (exact) mass is 283 g/mol. The van der Waals surface area contributed by atoms with Gasteiger partial charge in [-0.05, 0) is 35.7 Å². The molecule has 1 unspecified atom stereocenters. The zero-order valence-corrected chi connectivity index (χ0v) is 11.2. The standard InChI is InChI=1S/C13H14ClNO2S/c14-10-1-3-13(4-2-10)17-8-12(16)7-15-11-5-6-18-9-11/h1-6,9,12,15-16H,7-8H2. The van der Waals surface area contributed by atoms with E-state index in [0.29, 0.717) is 17.3 Å². The van der Waals surface area contributed by atoms with Crippen LogP contribution in [0.15, 0.2) is 41.1 Å². The van der Waals surface area contributed by atoms with Gasteiger partial charge in [-0.25, -0.2) is 0 Å². The fraction of sp³-hybridized carbons (Fsp3) is 0.231. The van der Waals surface area contributed by atoms with E-state index in [1.54, 1.807) is 35.6 Å². The number of rotatable bonds is 6. The molecule has 0 aliphatic carbocycles. The number of nitrogens with one attached hydrogen (secondary N) is 1. The van der Waals surface area contributed by atoms with Gasteiger partial charge in [0, 0.05) is 22.6 Å². The lowest BCUT2D eigenvalue weighted by molar-refractivity contribution is 0.117. The van der Waals surface area contributed by atoms with Crippen molar-refractivity contribution in [1.29, 1.82) is 0 Å². The highest BCUT2D eigenvalue weighted by Crippen LogP contribution is 2.16. The Bertz CT molecular complexity index is 458. The molecule has 2 aromatic rings. The molecule has 0 aliphatic heterocycles. The quantitative estimate of drug-likeness (QED) is 0.855. The molecule has 0 spiro atoms. The van der Waals surface area contributed by atoms with Crippen molar-refractivity contribution in [3.63, 3.8) is 0 Å². The summed E-state index contributed by atoms with van der Waals surface area (Å²) in [7, 11) is 0. The van der Waals surface area contributed by atoms with Gasteiger partial charge in [-0.2, -0.15) is 11.3 Å². The van der Waals surface area contributed by atoms with Gasteiger partial charge in [-0.15, -0.1) is 0 Å². The first kappa shape index (κ1) is 13.2. The lowest BCUT2D eigenvalue weighted by atomic mass is 10.3. The predicted molar refractivity (Wildman–Crippen MR) is 75.8 cm³/mol. The Balaban J connectivity index is 1.71. The molecule has 0 bridgehead atoms. The normalized spacial score (nSPS) is 12.1. The van der Waals surface area contributed by atoms with Crippen molar-refractivity contribution in [2.75, 3.05) is 18.5 Å². The largest absolute Gasteiger partial charge is 0.491 e. The summed E-state index contributed by atoms with van der Waals surface area (Å²) in [5.41, 5.74) is 1.02. The molecule has 18 heavy (non-hydrogen) atoms. The maximum absolute atomic E-state index is 9.75. The van der Waals surface area contributed by atoms with Crippen LogP contribution in [0.4, 0.5) is 5.69 Å². The molecule has 5 heteroatoms. The first-order valence-electron chi connectivity index (χ1n) is 5.56. The van der Waals surface area contributed by atoms with Crippen molar-refractivity contribution in [3.8, 4) is 5.75 Å². The molecule has 2 rings (SSSR count). The number of thiophene rings is 1. The molecule has 0 fully saturated rings. The minimum atomic E-state index is -0.555. The maximum Gasteiger partial charge on any atom is 0.119 e.